The minimum Gasteiger partial charge on any atom is -0.496 e. The third-order valence-corrected chi connectivity index (χ3v) is 2.96. The number of hydrogen-bond acceptors (Lipinski definition) is 2. The van der Waals surface area contributed by atoms with E-state index < -0.39 is 0 Å². The van der Waals surface area contributed by atoms with Crippen LogP contribution in [-0.4, -0.2) is 13.7 Å². The van der Waals surface area contributed by atoms with Crippen LogP contribution in [0.3, 0.4) is 0 Å². The van der Waals surface area contributed by atoms with Crippen LogP contribution in [0.15, 0.2) is 18.2 Å². The lowest BCUT2D eigenvalue weighted by molar-refractivity contribution is 0.384. The molecule has 1 N–H and O–H groups in total. The molecule has 0 radical (unpaired) electrons. The Morgan fingerprint density at radius 2 is 2.06 bits per heavy atom. The van der Waals surface area contributed by atoms with Crippen LogP contribution in [0.25, 0.3) is 0 Å². The summed E-state index contributed by atoms with van der Waals surface area (Å²) in [6.07, 6.45) is 1.09. The maximum Gasteiger partial charge on any atom is 0.125 e. The molecule has 17 heavy (non-hydrogen) atoms. The highest BCUT2D eigenvalue weighted by Gasteiger charge is 2.16. The van der Waals surface area contributed by atoms with Crippen molar-refractivity contribution in [2.75, 3.05) is 13.7 Å². The lowest BCUT2D eigenvalue weighted by atomic mass is 9.96. The van der Waals surface area contributed by atoms with Crippen LogP contribution in [0.1, 0.15) is 38.8 Å². The first-order chi connectivity index (χ1) is 8.08. The van der Waals surface area contributed by atoms with E-state index >= 15 is 0 Å². The first-order valence-electron chi connectivity index (χ1n) is 6.15. The molecular formula is C14H22ClNO. The molecule has 1 atom stereocenters. The Balaban J connectivity index is 2.99. The van der Waals surface area contributed by atoms with E-state index in [1.165, 1.54) is 5.56 Å². The van der Waals surface area contributed by atoms with E-state index in [9.17, 15) is 0 Å². The second kappa shape index (κ2) is 6.87. The van der Waals surface area contributed by atoms with Gasteiger partial charge in [-0.05, 0) is 31.0 Å². The number of nitrogens with one attached hydrogen (secondary N) is 1. The summed E-state index contributed by atoms with van der Waals surface area (Å²) in [5.41, 5.74) is 1.19. The normalized spacial score (nSPS) is 12.8. The summed E-state index contributed by atoms with van der Waals surface area (Å²) in [5, 5.41) is 4.21. The molecule has 2 nitrogen and oxygen atoms in total. The third-order valence-electron chi connectivity index (χ3n) is 2.73. The zero-order valence-electron chi connectivity index (χ0n) is 11.1. The average molecular weight is 256 g/mol. The Morgan fingerprint density at radius 3 is 2.59 bits per heavy atom. The van der Waals surface area contributed by atoms with Crippen molar-refractivity contribution in [3.63, 3.8) is 0 Å². The predicted molar refractivity (Wildman–Crippen MR) is 73.9 cm³/mol. The van der Waals surface area contributed by atoms with Crippen molar-refractivity contribution in [3.05, 3.63) is 28.8 Å². The summed E-state index contributed by atoms with van der Waals surface area (Å²) in [4.78, 5) is 0. The van der Waals surface area contributed by atoms with Gasteiger partial charge >= 0.3 is 0 Å². The van der Waals surface area contributed by atoms with E-state index in [-0.39, 0.29) is 0 Å². The molecule has 0 aliphatic heterocycles. The number of rotatable bonds is 6. The molecule has 1 rings (SSSR count). The number of benzene rings is 1. The number of hydrogen-bond donors (Lipinski definition) is 1. The van der Waals surface area contributed by atoms with E-state index in [4.69, 9.17) is 16.3 Å². The maximum atomic E-state index is 5.98. The van der Waals surface area contributed by atoms with Gasteiger partial charge in [-0.15, -0.1) is 0 Å². The van der Waals surface area contributed by atoms with E-state index in [2.05, 4.69) is 32.2 Å². The Hall–Kier alpha value is -0.730. The highest BCUT2D eigenvalue weighted by Crippen LogP contribution is 2.31. The van der Waals surface area contributed by atoms with Gasteiger partial charge in [-0.25, -0.2) is 0 Å². The second-order valence-electron chi connectivity index (χ2n) is 4.63. The van der Waals surface area contributed by atoms with E-state index in [0.29, 0.717) is 17.0 Å². The largest absolute Gasteiger partial charge is 0.496 e. The highest BCUT2D eigenvalue weighted by molar-refractivity contribution is 6.30. The molecule has 1 aromatic rings. The van der Waals surface area contributed by atoms with Crippen molar-refractivity contribution in [3.8, 4) is 5.75 Å². The van der Waals surface area contributed by atoms with Gasteiger partial charge in [0, 0.05) is 16.6 Å². The molecule has 0 aromatic heterocycles. The fourth-order valence-corrected chi connectivity index (χ4v) is 2.17. The van der Waals surface area contributed by atoms with Crippen LogP contribution in [0.4, 0.5) is 0 Å². The van der Waals surface area contributed by atoms with Gasteiger partial charge in [0.15, 0.2) is 0 Å². The molecule has 0 spiro atoms. The van der Waals surface area contributed by atoms with Gasteiger partial charge in [-0.1, -0.05) is 38.4 Å². The molecule has 0 heterocycles. The number of methoxy groups -OCH3 is 1. The van der Waals surface area contributed by atoms with Crippen molar-refractivity contribution < 1.29 is 4.74 Å². The Bertz CT molecular complexity index is 352. The third kappa shape index (κ3) is 4.21. The summed E-state index contributed by atoms with van der Waals surface area (Å²) in [5.74, 6) is 1.50. The van der Waals surface area contributed by atoms with E-state index in [1.54, 1.807) is 7.11 Å². The van der Waals surface area contributed by atoms with Crippen molar-refractivity contribution in [2.24, 2.45) is 5.92 Å². The standard InChI is InChI=1S/C14H22ClNO/c1-5-16-13(8-10(2)3)12-7-6-11(15)9-14(12)17-4/h6-7,9-10,13,16H,5,8H2,1-4H3. The summed E-state index contributed by atoms with van der Waals surface area (Å²) in [6, 6.07) is 6.18. The molecule has 0 bridgehead atoms. The van der Waals surface area contributed by atoms with Crippen LogP contribution in [0, 0.1) is 5.92 Å². The molecule has 0 saturated heterocycles. The molecular weight excluding hydrogens is 234 g/mol. The van der Waals surface area contributed by atoms with Gasteiger partial charge in [0.1, 0.15) is 5.75 Å². The zero-order valence-corrected chi connectivity index (χ0v) is 11.8. The highest BCUT2D eigenvalue weighted by atomic mass is 35.5. The fourth-order valence-electron chi connectivity index (χ4n) is 2.01. The average Bonchev–Trinajstić information content (AvgIpc) is 2.27. The molecule has 0 aliphatic carbocycles. The van der Waals surface area contributed by atoms with E-state index in [0.717, 1.165) is 18.7 Å². The minimum atomic E-state index is 0.326. The van der Waals surface area contributed by atoms with E-state index in [1.807, 2.05) is 12.1 Å². The topological polar surface area (TPSA) is 21.3 Å². The number of ether oxygens (including phenoxy) is 1. The van der Waals surface area contributed by atoms with Gasteiger partial charge in [0.05, 0.1) is 7.11 Å². The van der Waals surface area contributed by atoms with Crippen LogP contribution >= 0.6 is 11.6 Å². The van der Waals surface area contributed by atoms with Gasteiger partial charge in [0.25, 0.3) is 0 Å². The van der Waals surface area contributed by atoms with Crippen LogP contribution in [0.2, 0.25) is 5.02 Å². The lowest BCUT2D eigenvalue weighted by Crippen LogP contribution is -2.22. The summed E-state index contributed by atoms with van der Waals surface area (Å²) < 4.78 is 5.41. The number of halogens is 1. The molecule has 0 fully saturated rings. The van der Waals surface area contributed by atoms with Crippen LogP contribution < -0.4 is 10.1 Å². The zero-order chi connectivity index (χ0) is 12.8. The van der Waals surface area contributed by atoms with Crippen molar-refractivity contribution in [1.82, 2.24) is 5.32 Å². The van der Waals surface area contributed by atoms with Gasteiger partial charge in [0.2, 0.25) is 0 Å². The molecule has 1 aromatic carbocycles. The SMILES string of the molecule is CCNC(CC(C)C)c1ccc(Cl)cc1OC. The lowest BCUT2D eigenvalue weighted by Gasteiger charge is -2.22. The summed E-state index contributed by atoms with van der Waals surface area (Å²) >= 11 is 5.98. The minimum absolute atomic E-state index is 0.326. The Labute approximate surface area is 109 Å². The monoisotopic (exact) mass is 255 g/mol. The Morgan fingerprint density at radius 1 is 1.35 bits per heavy atom. The summed E-state index contributed by atoms with van der Waals surface area (Å²) in [7, 11) is 1.69. The molecule has 1 unspecified atom stereocenters. The predicted octanol–water partition coefficient (Wildman–Crippen LogP) is 4.05. The van der Waals surface area contributed by atoms with Crippen LogP contribution in [-0.2, 0) is 0 Å². The van der Waals surface area contributed by atoms with Gasteiger partial charge in [-0.2, -0.15) is 0 Å². The van der Waals surface area contributed by atoms with Crippen molar-refractivity contribution in [2.45, 2.75) is 33.2 Å². The smallest absolute Gasteiger partial charge is 0.125 e. The molecule has 0 amide bonds. The first-order valence-corrected chi connectivity index (χ1v) is 6.53. The van der Waals surface area contributed by atoms with Crippen LogP contribution in [0.5, 0.6) is 5.75 Å². The maximum absolute atomic E-state index is 5.98. The van der Waals surface area contributed by atoms with Gasteiger partial charge in [-0.3, -0.25) is 0 Å². The molecule has 0 aliphatic rings. The molecule has 0 saturated carbocycles. The fraction of sp³-hybridized carbons (Fsp3) is 0.571. The molecule has 96 valence electrons. The summed E-state index contributed by atoms with van der Waals surface area (Å²) in [6.45, 7) is 7.53. The second-order valence-corrected chi connectivity index (χ2v) is 5.06. The Kier molecular flexibility index (Phi) is 5.79. The first kappa shape index (κ1) is 14.3. The van der Waals surface area contributed by atoms with Crippen molar-refractivity contribution in [1.29, 1.82) is 0 Å². The molecule has 3 heteroatoms. The van der Waals surface area contributed by atoms with Gasteiger partial charge < -0.3 is 10.1 Å². The quantitative estimate of drug-likeness (QED) is 0.828. The van der Waals surface area contributed by atoms with Crippen molar-refractivity contribution >= 4 is 11.6 Å².